The Kier molecular flexibility index (Phi) is 7.85. The van der Waals surface area contributed by atoms with Gasteiger partial charge in [0.25, 0.3) is 0 Å². The lowest BCUT2D eigenvalue weighted by Crippen LogP contribution is -2.45. The van der Waals surface area contributed by atoms with E-state index in [1.807, 2.05) is 18.2 Å². The number of nitrogens with one attached hydrogen (secondary N) is 1. The zero-order chi connectivity index (χ0) is 21.3. The van der Waals surface area contributed by atoms with Crippen LogP contribution in [0.25, 0.3) is 0 Å². The van der Waals surface area contributed by atoms with Gasteiger partial charge in [-0.15, -0.1) is 12.4 Å². The molecule has 0 spiro atoms. The molecule has 0 bridgehead atoms. The van der Waals surface area contributed by atoms with Crippen LogP contribution >= 0.6 is 24.0 Å². The SMILES string of the molecule is Cl.NC[C@]1(c2cccc(Cl)c2)CC[C@H](NS(=O)(=O)c2ccc(C(F)(F)F)cc2)CC1. The number of alkyl halides is 3. The second kappa shape index (κ2) is 9.44. The Hall–Kier alpha value is -1.32. The summed E-state index contributed by atoms with van der Waals surface area (Å²) in [6.07, 6.45) is -1.99. The number of hydrogen-bond acceptors (Lipinski definition) is 3. The maximum Gasteiger partial charge on any atom is 0.416 e. The maximum absolute atomic E-state index is 12.7. The highest BCUT2D eigenvalue weighted by atomic mass is 35.5. The molecular weight excluding hydrogens is 460 g/mol. The van der Waals surface area contributed by atoms with Crippen molar-refractivity contribution in [2.45, 2.75) is 48.2 Å². The zero-order valence-corrected chi connectivity index (χ0v) is 18.3. The van der Waals surface area contributed by atoms with Crippen LogP contribution in [0.1, 0.15) is 36.8 Å². The molecule has 2 aromatic carbocycles. The van der Waals surface area contributed by atoms with E-state index in [4.69, 9.17) is 17.3 Å². The van der Waals surface area contributed by atoms with Gasteiger partial charge >= 0.3 is 6.18 Å². The summed E-state index contributed by atoms with van der Waals surface area (Å²) in [6.45, 7) is 0.422. The summed E-state index contributed by atoms with van der Waals surface area (Å²) in [6, 6.07) is 10.7. The molecule has 1 aliphatic carbocycles. The lowest BCUT2D eigenvalue weighted by Gasteiger charge is -2.40. The van der Waals surface area contributed by atoms with E-state index in [0.29, 0.717) is 37.3 Å². The number of hydrogen-bond donors (Lipinski definition) is 2. The highest BCUT2D eigenvalue weighted by Crippen LogP contribution is 2.40. The van der Waals surface area contributed by atoms with Gasteiger partial charge in [-0.2, -0.15) is 13.2 Å². The van der Waals surface area contributed by atoms with E-state index in [0.717, 1.165) is 29.8 Å². The standard InChI is InChI=1S/C20H22ClF3N2O2S.ClH/c21-16-3-1-2-15(12-16)19(13-25)10-8-17(9-11-19)26-29(27,28)18-6-4-14(5-7-18)20(22,23)24;/h1-7,12,17,26H,8-11,13,25H2;1H/t17-,19-;. The molecule has 1 saturated carbocycles. The van der Waals surface area contributed by atoms with Crippen molar-refractivity contribution in [1.29, 1.82) is 0 Å². The Bertz CT molecular complexity index is 959. The molecule has 10 heteroatoms. The summed E-state index contributed by atoms with van der Waals surface area (Å²) in [5, 5.41) is 0.625. The minimum Gasteiger partial charge on any atom is -0.330 e. The van der Waals surface area contributed by atoms with E-state index in [-0.39, 0.29) is 28.8 Å². The third-order valence-corrected chi connectivity index (χ3v) is 7.36. The van der Waals surface area contributed by atoms with Gasteiger partial charge < -0.3 is 5.73 Å². The third kappa shape index (κ3) is 5.48. The largest absolute Gasteiger partial charge is 0.416 e. The van der Waals surface area contributed by atoms with Gasteiger partial charge in [0, 0.05) is 23.0 Å². The molecule has 2 aromatic rings. The number of halogens is 5. The first kappa shape index (κ1) is 24.9. The number of rotatable bonds is 5. The van der Waals surface area contributed by atoms with Crippen LogP contribution in [0.2, 0.25) is 5.02 Å². The fourth-order valence-corrected chi connectivity index (χ4v) is 5.32. The van der Waals surface area contributed by atoms with Crippen LogP contribution in [0.5, 0.6) is 0 Å². The first-order chi connectivity index (χ1) is 13.6. The van der Waals surface area contributed by atoms with Gasteiger partial charge in [0.05, 0.1) is 10.5 Å². The molecule has 0 aromatic heterocycles. The fraction of sp³-hybridized carbons (Fsp3) is 0.400. The predicted molar refractivity (Wildman–Crippen MR) is 113 cm³/mol. The van der Waals surface area contributed by atoms with Crippen molar-refractivity contribution in [1.82, 2.24) is 4.72 Å². The molecule has 0 saturated heterocycles. The van der Waals surface area contributed by atoms with Crippen molar-refractivity contribution in [3.8, 4) is 0 Å². The van der Waals surface area contributed by atoms with Gasteiger partial charge in [-0.25, -0.2) is 13.1 Å². The molecule has 0 atom stereocenters. The second-order valence-electron chi connectivity index (χ2n) is 7.41. The molecule has 0 radical (unpaired) electrons. The lowest BCUT2D eigenvalue weighted by atomic mass is 9.68. The summed E-state index contributed by atoms with van der Waals surface area (Å²) in [5.41, 5.74) is 5.95. The molecule has 30 heavy (non-hydrogen) atoms. The molecule has 3 N–H and O–H groups in total. The molecular formula is C20H23Cl2F3N2O2S. The molecule has 3 rings (SSSR count). The highest BCUT2D eigenvalue weighted by molar-refractivity contribution is 7.89. The van der Waals surface area contributed by atoms with Crippen molar-refractivity contribution in [2.24, 2.45) is 5.73 Å². The number of nitrogens with two attached hydrogens (primary N) is 1. The maximum atomic E-state index is 12.7. The Morgan fingerprint density at radius 2 is 1.70 bits per heavy atom. The van der Waals surface area contributed by atoms with Gasteiger partial charge in [0.15, 0.2) is 0 Å². The second-order valence-corrected chi connectivity index (χ2v) is 9.56. The quantitative estimate of drug-likeness (QED) is 0.636. The molecule has 0 heterocycles. The Labute approximate surface area is 185 Å². The van der Waals surface area contributed by atoms with Crippen molar-refractivity contribution in [2.75, 3.05) is 6.54 Å². The van der Waals surface area contributed by atoms with Gasteiger partial charge in [-0.1, -0.05) is 23.7 Å². The van der Waals surface area contributed by atoms with Gasteiger partial charge in [-0.3, -0.25) is 0 Å². The van der Waals surface area contributed by atoms with E-state index in [2.05, 4.69) is 4.72 Å². The average Bonchev–Trinajstić information content (AvgIpc) is 2.68. The fourth-order valence-electron chi connectivity index (χ4n) is 3.83. The summed E-state index contributed by atoms with van der Waals surface area (Å²) in [4.78, 5) is -0.184. The number of sulfonamides is 1. The minimum absolute atomic E-state index is 0. The van der Waals surface area contributed by atoms with Gasteiger partial charge in [0.2, 0.25) is 10.0 Å². The zero-order valence-electron chi connectivity index (χ0n) is 16.0. The van der Waals surface area contributed by atoms with Crippen molar-refractivity contribution in [3.63, 3.8) is 0 Å². The summed E-state index contributed by atoms with van der Waals surface area (Å²) in [7, 11) is -3.91. The van der Waals surface area contributed by atoms with Gasteiger partial charge in [-0.05, 0) is 67.6 Å². The average molecular weight is 483 g/mol. The van der Waals surface area contributed by atoms with E-state index in [1.165, 1.54) is 0 Å². The van der Waals surface area contributed by atoms with Crippen LogP contribution in [0, 0.1) is 0 Å². The molecule has 166 valence electrons. The molecule has 0 aliphatic heterocycles. The van der Waals surface area contributed by atoms with E-state index < -0.39 is 21.8 Å². The summed E-state index contributed by atoms with van der Waals surface area (Å²) < 4.78 is 65.8. The molecule has 0 unspecified atom stereocenters. The van der Waals surface area contributed by atoms with E-state index in [9.17, 15) is 21.6 Å². The molecule has 4 nitrogen and oxygen atoms in total. The Morgan fingerprint density at radius 3 is 2.20 bits per heavy atom. The topological polar surface area (TPSA) is 72.2 Å². The number of benzene rings is 2. The third-order valence-electron chi connectivity index (χ3n) is 5.58. The molecule has 1 fully saturated rings. The van der Waals surface area contributed by atoms with Crippen LogP contribution in [0.15, 0.2) is 53.4 Å². The first-order valence-electron chi connectivity index (χ1n) is 9.21. The minimum atomic E-state index is -4.51. The van der Waals surface area contributed by atoms with Crippen LogP contribution in [-0.4, -0.2) is 21.0 Å². The smallest absolute Gasteiger partial charge is 0.330 e. The monoisotopic (exact) mass is 482 g/mol. The van der Waals surface area contributed by atoms with E-state index >= 15 is 0 Å². The van der Waals surface area contributed by atoms with Crippen LogP contribution in [0.3, 0.4) is 0 Å². The normalized spacial score (nSPS) is 22.4. The van der Waals surface area contributed by atoms with Crippen LogP contribution in [-0.2, 0) is 21.6 Å². The van der Waals surface area contributed by atoms with Crippen molar-refractivity contribution >= 4 is 34.0 Å². The Balaban J connectivity index is 0.00000320. The first-order valence-corrected chi connectivity index (χ1v) is 11.1. The van der Waals surface area contributed by atoms with Crippen LogP contribution < -0.4 is 10.5 Å². The predicted octanol–water partition coefficient (Wildman–Crippen LogP) is 4.90. The summed E-state index contributed by atoms with van der Waals surface area (Å²) in [5.74, 6) is 0. The van der Waals surface area contributed by atoms with E-state index in [1.54, 1.807) is 6.07 Å². The summed E-state index contributed by atoms with van der Waals surface area (Å²) >= 11 is 6.10. The highest BCUT2D eigenvalue weighted by Gasteiger charge is 2.37. The lowest BCUT2D eigenvalue weighted by molar-refractivity contribution is -0.137. The van der Waals surface area contributed by atoms with Crippen molar-refractivity contribution in [3.05, 3.63) is 64.7 Å². The Morgan fingerprint density at radius 1 is 1.10 bits per heavy atom. The van der Waals surface area contributed by atoms with Crippen LogP contribution in [0.4, 0.5) is 13.2 Å². The van der Waals surface area contributed by atoms with Crippen molar-refractivity contribution < 1.29 is 21.6 Å². The van der Waals surface area contributed by atoms with Gasteiger partial charge in [0.1, 0.15) is 0 Å². The molecule has 1 aliphatic rings. The molecule has 0 amide bonds.